The van der Waals surface area contributed by atoms with Crippen LogP contribution in [0.3, 0.4) is 0 Å². The first kappa shape index (κ1) is 25.5. The number of nitrogens with zero attached hydrogens (tertiary/aromatic N) is 2. The lowest BCUT2D eigenvalue weighted by Crippen LogP contribution is -2.37. The van der Waals surface area contributed by atoms with Crippen molar-refractivity contribution >= 4 is 0 Å². The normalized spacial score (nSPS) is 18.2. The Kier molecular flexibility index (Phi) is 8.13. The van der Waals surface area contributed by atoms with Crippen molar-refractivity contribution < 1.29 is 9.47 Å². The van der Waals surface area contributed by atoms with Gasteiger partial charge in [0.1, 0.15) is 13.2 Å². The number of fused-ring (bicyclic) bond motifs is 2. The van der Waals surface area contributed by atoms with Crippen molar-refractivity contribution in [3.05, 3.63) is 119 Å². The summed E-state index contributed by atoms with van der Waals surface area (Å²) in [6.45, 7) is 1.82. The molecule has 200 valence electrons. The van der Waals surface area contributed by atoms with E-state index in [0.29, 0.717) is 37.1 Å². The van der Waals surface area contributed by atoms with Gasteiger partial charge in [-0.15, -0.1) is 0 Å². The Morgan fingerprint density at radius 3 is 1.51 bits per heavy atom. The zero-order valence-corrected chi connectivity index (χ0v) is 22.3. The van der Waals surface area contributed by atoms with Gasteiger partial charge in [0.05, 0.1) is 0 Å². The summed E-state index contributed by atoms with van der Waals surface area (Å²) in [6.07, 6.45) is 6.49. The lowest BCUT2D eigenvalue weighted by molar-refractivity contribution is 0.291. The van der Waals surface area contributed by atoms with Gasteiger partial charge in [0.2, 0.25) is 11.8 Å². The molecular formula is C33H36N4O2. The highest BCUT2D eigenvalue weighted by Gasteiger charge is 2.24. The van der Waals surface area contributed by atoms with E-state index in [1.54, 1.807) is 0 Å². The number of rotatable bonds is 10. The summed E-state index contributed by atoms with van der Waals surface area (Å²) in [4.78, 5) is 9.69. The molecule has 4 aromatic rings. The van der Waals surface area contributed by atoms with E-state index in [9.17, 15) is 0 Å². The van der Waals surface area contributed by atoms with Crippen molar-refractivity contribution in [3.8, 4) is 11.8 Å². The molecule has 0 spiro atoms. The fraction of sp³-hybridized carbons (Fsp3) is 0.333. The molecule has 2 aliphatic rings. The Hall–Kier alpha value is -3.74. The van der Waals surface area contributed by atoms with Gasteiger partial charge in [0, 0.05) is 42.3 Å². The molecule has 0 saturated heterocycles. The van der Waals surface area contributed by atoms with Crippen LogP contribution in [0.5, 0.6) is 11.8 Å². The summed E-state index contributed by atoms with van der Waals surface area (Å²) in [5, 5.41) is 7.49. The second-order valence-corrected chi connectivity index (χ2v) is 10.4. The van der Waals surface area contributed by atoms with Gasteiger partial charge in [-0.3, -0.25) is 10.6 Å². The monoisotopic (exact) mass is 520 g/mol. The van der Waals surface area contributed by atoms with Gasteiger partial charge in [-0.25, -0.2) is 9.97 Å². The van der Waals surface area contributed by atoms with E-state index in [1.165, 1.54) is 11.1 Å². The molecule has 2 aliphatic carbocycles. The number of hydrogen-bond donors (Lipinski definition) is 2. The van der Waals surface area contributed by atoms with Crippen molar-refractivity contribution in [2.45, 2.75) is 63.8 Å². The van der Waals surface area contributed by atoms with E-state index in [4.69, 9.17) is 19.4 Å². The predicted molar refractivity (Wildman–Crippen MR) is 153 cm³/mol. The van der Waals surface area contributed by atoms with E-state index >= 15 is 0 Å². The van der Waals surface area contributed by atoms with Gasteiger partial charge in [-0.05, 0) is 60.8 Å². The van der Waals surface area contributed by atoms with Crippen LogP contribution in [0.4, 0.5) is 0 Å². The largest absolute Gasteiger partial charge is 0.473 e. The average molecular weight is 521 g/mol. The van der Waals surface area contributed by atoms with Gasteiger partial charge >= 0.3 is 0 Å². The number of hydrogen-bond acceptors (Lipinski definition) is 6. The van der Waals surface area contributed by atoms with Crippen LogP contribution in [0, 0.1) is 0 Å². The average Bonchev–Trinajstić information content (AvgIpc) is 3.00. The van der Waals surface area contributed by atoms with Crippen LogP contribution >= 0.6 is 0 Å². The van der Waals surface area contributed by atoms with Gasteiger partial charge in [-0.2, -0.15) is 0 Å². The van der Waals surface area contributed by atoms with Gasteiger partial charge < -0.3 is 9.47 Å². The molecular weight excluding hydrogens is 484 g/mol. The second-order valence-electron chi connectivity index (χ2n) is 10.4. The third-order valence-electron chi connectivity index (χ3n) is 7.69. The third-order valence-corrected chi connectivity index (χ3v) is 7.69. The fourth-order valence-electron chi connectivity index (χ4n) is 5.63. The molecule has 2 atom stereocenters. The second kappa shape index (κ2) is 12.4. The maximum Gasteiger partial charge on any atom is 0.213 e. The van der Waals surface area contributed by atoms with E-state index in [0.717, 1.165) is 67.7 Å². The van der Waals surface area contributed by atoms with Gasteiger partial charge in [0.15, 0.2) is 0 Å². The van der Waals surface area contributed by atoms with Crippen molar-refractivity contribution in [3.63, 3.8) is 0 Å². The zero-order chi connectivity index (χ0) is 26.3. The first-order valence-corrected chi connectivity index (χ1v) is 14.1. The van der Waals surface area contributed by atoms with Crippen LogP contribution < -0.4 is 20.1 Å². The highest BCUT2D eigenvalue weighted by atomic mass is 16.5. The number of nitrogens with one attached hydrogen (secondary N) is 2. The molecule has 6 nitrogen and oxygen atoms in total. The fourth-order valence-corrected chi connectivity index (χ4v) is 5.63. The lowest BCUT2D eigenvalue weighted by atomic mass is 9.90. The summed E-state index contributed by atoms with van der Waals surface area (Å²) in [7, 11) is 0. The lowest BCUT2D eigenvalue weighted by Gasteiger charge is -2.29. The van der Waals surface area contributed by atoms with Crippen molar-refractivity contribution in [2.75, 3.05) is 6.67 Å². The summed E-state index contributed by atoms with van der Waals surface area (Å²) in [5.41, 5.74) is 7.19. The molecule has 2 aromatic carbocycles. The van der Waals surface area contributed by atoms with Crippen LogP contribution in [0.15, 0.2) is 84.9 Å². The maximum absolute atomic E-state index is 5.97. The molecule has 2 heterocycles. The standard InChI is InChI=1S/C33H36N4O2/c1-3-9-24(10-4-1)21-38-32-19-17-26-28(13-7-15-30(26)36-32)34-23-35-29-14-8-16-31-27(29)18-20-33(37-31)39-22-25-11-5-2-6-12-25/h1-6,9-12,17-20,28-29,34-35H,7-8,13-16,21-23H2/t28-,29?/m0/s1. The minimum absolute atomic E-state index is 0.298. The molecule has 2 aromatic heterocycles. The maximum atomic E-state index is 5.97. The molecule has 2 N–H and O–H groups in total. The molecule has 0 bridgehead atoms. The van der Waals surface area contributed by atoms with Gasteiger partial charge in [0.25, 0.3) is 0 Å². The van der Waals surface area contributed by atoms with E-state index in [1.807, 2.05) is 48.5 Å². The Morgan fingerprint density at radius 1 is 0.590 bits per heavy atom. The summed E-state index contributed by atoms with van der Waals surface area (Å²) >= 11 is 0. The molecule has 39 heavy (non-hydrogen) atoms. The van der Waals surface area contributed by atoms with Crippen molar-refractivity contribution in [1.29, 1.82) is 0 Å². The van der Waals surface area contributed by atoms with Gasteiger partial charge in [-0.1, -0.05) is 72.8 Å². The molecule has 1 unspecified atom stereocenters. The number of aromatic nitrogens is 2. The SMILES string of the molecule is c1ccc(COc2ccc3c(n2)CCCC3NCN[C@H]2CCCc3nc(OCc4ccccc4)ccc32)cc1. The topological polar surface area (TPSA) is 68.3 Å². The van der Waals surface area contributed by atoms with Crippen molar-refractivity contribution in [2.24, 2.45) is 0 Å². The van der Waals surface area contributed by atoms with E-state index in [-0.39, 0.29) is 0 Å². The molecule has 0 saturated carbocycles. The summed E-state index contributed by atoms with van der Waals surface area (Å²) in [5.74, 6) is 1.41. The molecule has 0 fully saturated rings. The van der Waals surface area contributed by atoms with Crippen molar-refractivity contribution in [1.82, 2.24) is 20.6 Å². The quantitative estimate of drug-likeness (QED) is 0.242. The highest BCUT2D eigenvalue weighted by Crippen LogP contribution is 2.32. The third kappa shape index (κ3) is 6.47. The minimum Gasteiger partial charge on any atom is -0.473 e. The highest BCUT2D eigenvalue weighted by molar-refractivity contribution is 5.32. The number of ether oxygens (including phenoxy) is 2. The first-order valence-electron chi connectivity index (χ1n) is 14.1. The Balaban J connectivity index is 1.03. The Labute approximate surface area is 230 Å². The van der Waals surface area contributed by atoms with E-state index < -0.39 is 0 Å². The van der Waals surface area contributed by atoms with Crippen LogP contribution in [-0.4, -0.2) is 16.6 Å². The predicted octanol–water partition coefficient (Wildman–Crippen LogP) is 6.23. The minimum atomic E-state index is 0.298. The number of aryl methyl sites for hydroxylation is 2. The van der Waals surface area contributed by atoms with Crippen LogP contribution in [0.25, 0.3) is 0 Å². The molecule has 0 aliphatic heterocycles. The van der Waals surface area contributed by atoms with Crippen LogP contribution in [0.1, 0.15) is 71.4 Å². The Morgan fingerprint density at radius 2 is 1.05 bits per heavy atom. The van der Waals surface area contributed by atoms with Crippen LogP contribution in [-0.2, 0) is 26.1 Å². The van der Waals surface area contributed by atoms with E-state index in [2.05, 4.69) is 47.0 Å². The summed E-state index contributed by atoms with van der Waals surface area (Å²) in [6, 6.07) is 29.5. The number of benzene rings is 2. The molecule has 0 amide bonds. The first-order chi connectivity index (χ1) is 19.3. The van der Waals surface area contributed by atoms with Crippen LogP contribution in [0.2, 0.25) is 0 Å². The molecule has 6 heteroatoms. The molecule has 6 rings (SSSR count). The zero-order valence-electron chi connectivity index (χ0n) is 22.3. The molecule has 0 radical (unpaired) electrons. The Bertz CT molecular complexity index is 1260. The number of pyridine rings is 2. The smallest absolute Gasteiger partial charge is 0.213 e. The summed E-state index contributed by atoms with van der Waals surface area (Å²) < 4.78 is 11.9.